The molecule has 0 amide bonds. The summed E-state index contributed by atoms with van der Waals surface area (Å²) in [4.78, 5) is 4.12. The van der Waals surface area contributed by atoms with E-state index in [-0.39, 0.29) is 15.8 Å². The molecule has 4 nitrogen and oxygen atoms in total. The van der Waals surface area contributed by atoms with Crippen LogP contribution in [0.25, 0.3) is 0 Å². The normalized spacial score (nSPS) is 12.1. The van der Waals surface area contributed by atoms with E-state index < -0.39 is 10.0 Å². The molecule has 0 spiro atoms. The third kappa shape index (κ3) is 2.45. The zero-order chi connectivity index (χ0) is 15.1. The summed E-state index contributed by atoms with van der Waals surface area (Å²) in [5.41, 5.74) is 0.542. The van der Waals surface area contributed by atoms with E-state index >= 15 is 0 Å². The Kier molecular flexibility index (Phi) is 4.14. The highest BCUT2D eigenvalue weighted by molar-refractivity contribution is 7.90. The van der Waals surface area contributed by atoms with E-state index in [0.717, 1.165) is 3.97 Å². The quantitative estimate of drug-likeness (QED) is 0.857. The van der Waals surface area contributed by atoms with Gasteiger partial charge in [-0.3, -0.25) is 0 Å². The van der Waals surface area contributed by atoms with Gasteiger partial charge in [0.15, 0.2) is 0 Å². The van der Waals surface area contributed by atoms with Gasteiger partial charge in [-0.1, -0.05) is 37.0 Å². The molecular formula is C13H14Cl2N2O2S. The molecule has 20 heavy (non-hydrogen) atoms. The van der Waals surface area contributed by atoms with Crippen LogP contribution in [0, 0.1) is 6.92 Å². The number of aromatic nitrogens is 2. The van der Waals surface area contributed by atoms with Crippen molar-refractivity contribution in [3.8, 4) is 0 Å². The average molecular weight is 333 g/mol. The third-order valence-corrected chi connectivity index (χ3v) is 5.70. The van der Waals surface area contributed by atoms with Crippen molar-refractivity contribution < 1.29 is 8.42 Å². The van der Waals surface area contributed by atoms with Gasteiger partial charge in [-0.05, 0) is 24.6 Å². The molecule has 1 aromatic heterocycles. The van der Waals surface area contributed by atoms with Gasteiger partial charge in [0, 0.05) is 23.3 Å². The summed E-state index contributed by atoms with van der Waals surface area (Å²) in [5.74, 6) is 0.445. The van der Waals surface area contributed by atoms with Gasteiger partial charge < -0.3 is 0 Å². The first-order valence-corrected chi connectivity index (χ1v) is 8.19. The number of hydrogen-bond donors (Lipinski definition) is 0. The number of imidazole rings is 1. The summed E-state index contributed by atoms with van der Waals surface area (Å²) in [7, 11) is -3.78. The Morgan fingerprint density at radius 3 is 2.50 bits per heavy atom. The Morgan fingerprint density at radius 1 is 1.25 bits per heavy atom. The molecule has 7 heteroatoms. The van der Waals surface area contributed by atoms with Crippen LogP contribution in [0.2, 0.25) is 10.0 Å². The van der Waals surface area contributed by atoms with Gasteiger partial charge in [0.25, 0.3) is 10.0 Å². The highest BCUT2D eigenvalue weighted by Crippen LogP contribution is 2.32. The van der Waals surface area contributed by atoms with Gasteiger partial charge >= 0.3 is 0 Å². The summed E-state index contributed by atoms with van der Waals surface area (Å²) < 4.78 is 26.6. The van der Waals surface area contributed by atoms with Crippen LogP contribution in [0.5, 0.6) is 0 Å². The number of benzene rings is 1. The molecule has 2 aromatic rings. The Morgan fingerprint density at radius 2 is 1.90 bits per heavy atom. The standard InChI is InChI=1S/C13H14Cl2N2O2S/c1-8(2)13-16-6-7-17(13)20(18,19)11-5-4-10(14)9(3)12(11)15/h4-8H,1-3H3. The van der Waals surface area contributed by atoms with Crippen molar-refractivity contribution >= 4 is 33.2 Å². The third-order valence-electron chi connectivity index (χ3n) is 2.97. The summed E-state index contributed by atoms with van der Waals surface area (Å²) in [5, 5.41) is 0.574. The molecule has 0 N–H and O–H groups in total. The van der Waals surface area contributed by atoms with Gasteiger partial charge in [-0.15, -0.1) is 0 Å². The predicted octanol–water partition coefficient (Wildman–Crippen LogP) is 3.86. The maximum atomic E-state index is 12.7. The zero-order valence-corrected chi connectivity index (χ0v) is 13.6. The molecule has 0 atom stereocenters. The molecule has 0 saturated carbocycles. The lowest BCUT2D eigenvalue weighted by molar-refractivity contribution is 0.581. The molecular weight excluding hydrogens is 319 g/mol. The Labute approximate surface area is 128 Å². The van der Waals surface area contributed by atoms with Crippen LogP contribution in [-0.4, -0.2) is 17.4 Å². The van der Waals surface area contributed by atoms with Crippen molar-refractivity contribution in [1.29, 1.82) is 0 Å². The summed E-state index contributed by atoms with van der Waals surface area (Å²) >= 11 is 12.1. The van der Waals surface area contributed by atoms with Crippen LogP contribution in [0.15, 0.2) is 29.4 Å². The first-order valence-electron chi connectivity index (χ1n) is 6.00. The maximum absolute atomic E-state index is 12.7. The topological polar surface area (TPSA) is 52.0 Å². The van der Waals surface area contributed by atoms with Crippen molar-refractivity contribution in [1.82, 2.24) is 8.96 Å². The largest absolute Gasteiger partial charge is 0.270 e. The fraction of sp³-hybridized carbons (Fsp3) is 0.308. The smallest absolute Gasteiger partial charge is 0.240 e. The summed E-state index contributed by atoms with van der Waals surface area (Å²) in [6, 6.07) is 2.94. The molecule has 0 radical (unpaired) electrons. The van der Waals surface area contributed by atoms with Crippen LogP contribution in [0.4, 0.5) is 0 Å². The molecule has 0 saturated heterocycles. The molecule has 0 bridgehead atoms. The van der Waals surface area contributed by atoms with E-state index in [2.05, 4.69) is 4.98 Å². The highest BCUT2D eigenvalue weighted by atomic mass is 35.5. The van der Waals surface area contributed by atoms with E-state index in [4.69, 9.17) is 23.2 Å². The Bertz CT molecular complexity index is 752. The molecule has 0 aliphatic rings. The lowest BCUT2D eigenvalue weighted by Crippen LogP contribution is -2.17. The van der Waals surface area contributed by atoms with Gasteiger partial charge in [0.1, 0.15) is 10.7 Å². The van der Waals surface area contributed by atoms with Crippen LogP contribution >= 0.6 is 23.2 Å². The molecule has 0 unspecified atom stereocenters. The van der Waals surface area contributed by atoms with Crippen molar-refractivity contribution in [2.24, 2.45) is 0 Å². The van der Waals surface area contributed by atoms with E-state index in [1.54, 1.807) is 6.92 Å². The van der Waals surface area contributed by atoms with Crippen molar-refractivity contribution in [3.05, 3.63) is 46.0 Å². The zero-order valence-electron chi connectivity index (χ0n) is 11.3. The molecule has 108 valence electrons. The fourth-order valence-electron chi connectivity index (χ4n) is 1.85. The number of hydrogen-bond acceptors (Lipinski definition) is 3. The highest BCUT2D eigenvalue weighted by Gasteiger charge is 2.25. The number of rotatable bonds is 3. The van der Waals surface area contributed by atoms with E-state index in [0.29, 0.717) is 16.4 Å². The monoisotopic (exact) mass is 332 g/mol. The van der Waals surface area contributed by atoms with E-state index in [1.165, 1.54) is 24.5 Å². The second kappa shape index (κ2) is 5.39. The second-order valence-corrected chi connectivity index (χ2v) is 7.29. The van der Waals surface area contributed by atoms with Crippen LogP contribution < -0.4 is 0 Å². The number of halogens is 2. The first kappa shape index (κ1) is 15.4. The van der Waals surface area contributed by atoms with E-state index in [9.17, 15) is 8.42 Å². The van der Waals surface area contributed by atoms with Gasteiger partial charge in [-0.2, -0.15) is 0 Å². The Hall–Kier alpha value is -1.04. The lowest BCUT2D eigenvalue weighted by Gasteiger charge is -2.13. The first-order chi connectivity index (χ1) is 9.26. The van der Waals surface area contributed by atoms with E-state index in [1.807, 2.05) is 13.8 Å². The van der Waals surface area contributed by atoms with Gasteiger partial charge in [-0.25, -0.2) is 17.4 Å². The molecule has 1 heterocycles. The van der Waals surface area contributed by atoms with Crippen molar-refractivity contribution in [2.75, 3.05) is 0 Å². The summed E-state index contributed by atoms with van der Waals surface area (Å²) in [6.45, 7) is 5.44. The molecule has 1 aromatic carbocycles. The molecule has 0 aliphatic carbocycles. The molecule has 0 fully saturated rings. The predicted molar refractivity (Wildman–Crippen MR) is 80.1 cm³/mol. The second-order valence-electron chi connectivity index (χ2n) is 4.73. The minimum Gasteiger partial charge on any atom is -0.240 e. The maximum Gasteiger partial charge on any atom is 0.270 e. The molecule has 0 aliphatic heterocycles. The fourth-order valence-corrected chi connectivity index (χ4v) is 4.07. The van der Waals surface area contributed by atoms with Crippen molar-refractivity contribution in [2.45, 2.75) is 31.6 Å². The average Bonchev–Trinajstić information content (AvgIpc) is 2.85. The SMILES string of the molecule is Cc1c(Cl)ccc(S(=O)(=O)n2ccnc2C(C)C)c1Cl. The Balaban J connectivity index is 2.68. The number of nitrogens with zero attached hydrogens (tertiary/aromatic N) is 2. The minimum absolute atomic E-state index is 0.0213. The van der Waals surface area contributed by atoms with Crippen molar-refractivity contribution in [3.63, 3.8) is 0 Å². The molecule has 2 rings (SSSR count). The minimum atomic E-state index is -3.78. The van der Waals surface area contributed by atoms with Gasteiger partial charge in [0.2, 0.25) is 0 Å². The van der Waals surface area contributed by atoms with Gasteiger partial charge in [0.05, 0.1) is 5.02 Å². The lowest BCUT2D eigenvalue weighted by atomic mass is 10.2. The van der Waals surface area contributed by atoms with Crippen LogP contribution in [0.1, 0.15) is 31.2 Å². The summed E-state index contributed by atoms with van der Waals surface area (Å²) in [6.07, 6.45) is 2.88. The van der Waals surface area contributed by atoms with Crippen LogP contribution in [0.3, 0.4) is 0 Å². The van der Waals surface area contributed by atoms with Crippen LogP contribution in [-0.2, 0) is 10.0 Å².